The van der Waals surface area contributed by atoms with Gasteiger partial charge in [0, 0.05) is 38.2 Å². The number of carbonyl (C=O) groups excluding carboxylic acids is 1. The SMILES string of the molecule is CS(=O)(=O)N(CCCC(=O)NCc1ccccc1CN1CCCCC1)c1cccc([N+](=O)[O-])c1. The van der Waals surface area contributed by atoms with Crippen molar-refractivity contribution in [1.82, 2.24) is 10.2 Å². The molecule has 0 saturated carbocycles. The molecule has 10 heteroatoms. The van der Waals surface area contributed by atoms with Crippen molar-refractivity contribution in [3.63, 3.8) is 0 Å². The number of amides is 1. The summed E-state index contributed by atoms with van der Waals surface area (Å²) >= 11 is 0. The smallest absolute Gasteiger partial charge is 0.271 e. The quantitative estimate of drug-likeness (QED) is 0.383. The number of hydrogen-bond acceptors (Lipinski definition) is 6. The van der Waals surface area contributed by atoms with Gasteiger partial charge in [-0.25, -0.2) is 8.42 Å². The summed E-state index contributed by atoms with van der Waals surface area (Å²) in [5, 5.41) is 14.0. The van der Waals surface area contributed by atoms with Crippen LogP contribution in [0.2, 0.25) is 0 Å². The number of benzene rings is 2. The lowest BCUT2D eigenvalue weighted by Gasteiger charge is -2.27. The molecule has 0 radical (unpaired) electrons. The average molecular weight is 489 g/mol. The zero-order valence-electron chi connectivity index (χ0n) is 19.5. The van der Waals surface area contributed by atoms with E-state index in [0.717, 1.165) is 35.8 Å². The highest BCUT2D eigenvalue weighted by Gasteiger charge is 2.20. The Bertz CT molecular complexity index is 1100. The van der Waals surface area contributed by atoms with Crippen LogP contribution in [-0.4, -0.2) is 50.0 Å². The number of nitrogens with one attached hydrogen (secondary N) is 1. The van der Waals surface area contributed by atoms with Gasteiger partial charge in [-0.3, -0.25) is 24.1 Å². The minimum atomic E-state index is -3.66. The monoisotopic (exact) mass is 488 g/mol. The average Bonchev–Trinajstić information content (AvgIpc) is 2.81. The number of carbonyl (C=O) groups is 1. The van der Waals surface area contributed by atoms with Crippen LogP contribution >= 0.6 is 0 Å². The predicted octanol–water partition coefficient (Wildman–Crippen LogP) is 3.44. The van der Waals surface area contributed by atoms with E-state index >= 15 is 0 Å². The van der Waals surface area contributed by atoms with E-state index in [1.807, 2.05) is 18.2 Å². The first-order valence-electron chi connectivity index (χ1n) is 11.5. The van der Waals surface area contributed by atoms with Gasteiger partial charge in [-0.1, -0.05) is 36.8 Å². The first-order valence-corrected chi connectivity index (χ1v) is 13.4. The summed E-state index contributed by atoms with van der Waals surface area (Å²) in [7, 11) is -3.66. The molecule has 1 heterocycles. The van der Waals surface area contributed by atoms with Crippen LogP contribution < -0.4 is 9.62 Å². The van der Waals surface area contributed by atoms with Crippen molar-refractivity contribution in [2.45, 2.75) is 45.2 Å². The number of rotatable bonds is 11. The number of likely N-dealkylation sites (tertiary alicyclic amines) is 1. The van der Waals surface area contributed by atoms with Gasteiger partial charge < -0.3 is 5.32 Å². The van der Waals surface area contributed by atoms with Crippen LogP contribution in [0, 0.1) is 10.1 Å². The summed E-state index contributed by atoms with van der Waals surface area (Å²) in [6.45, 7) is 3.55. The number of piperidine rings is 1. The zero-order chi connectivity index (χ0) is 24.6. The second kappa shape index (κ2) is 11.9. The number of nitro groups is 1. The molecule has 0 bridgehead atoms. The van der Waals surface area contributed by atoms with E-state index in [1.54, 1.807) is 0 Å². The van der Waals surface area contributed by atoms with Crippen LogP contribution in [-0.2, 0) is 27.9 Å². The first kappa shape index (κ1) is 25.6. The summed E-state index contributed by atoms with van der Waals surface area (Å²) in [6, 6.07) is 13.6. The van der Waals surface area contributed by atoms with Gasteiger partial charge in [-0.15, -0.1) is 0 Å². The molecule has 2 aromatic rings. The Kier molecular flexibility index (Phi) is 9.00. The van der Waals surface area contributed by atoms with Gasteiger partial charge in [0.25, 0.3) is 5.69 Å². The lowest BCUT2D eigenvalue weighted by molar-refractivity contribution is -0.384. The Morgan fingerprint density at radius 2 is 1.79 bits per heavy atom. The summed E-state index contributed by atoms with van der Waals surface area (Å²) in [5.41, 5.74) is 2.31. The van der Waals surface area contributed by atoms with Gasteiger partial charge in [-0.2, -0.15) is 0 Å². The number of nitro benzene ring substituents is 1. The van der Waals surface area contributed by atoms with E-state index in [4.69, 9.17) is 0 Å². The molecule has 0 spiro atoms. The van der Waals surface area contributed by atoms with E-state index in [-0.39, 0.29) is 36.7 Å². The highest BCUT2D eigenvalue weighted by molar-refractivity contribution is 7.92. The topological polar surface area (TPSA) is 113 Å². The minimum Gasteiger partial charge on any atom is -0.352 e. The maximum absolute atomic E-state index is 12.4. The molecule has 0 unspecified atom stereocenters. The molecular formula is C24H32N4O5S. The second-order valence-electron chi connectivity index (χ2n) is 8.60. The number of anilines is 1. The fourth-order valence-electron chi connectivity index (χ4n) is 4.16. The molecular weight excluding hydrogens is 456 g/mol. The van der Waals surface area contributed by atoms with Crippen molar-refractivity contribution in [3.05, 3.63) is 69.8 Å². The lowest BCUT2D eigenvalue weighted by atomic mass is 10.0. The number of hydrogen-bond donors (Lipinski definition) is 1. The van der Waals surface area contributed by atoms with Crippen LogP contribution in [0.5, 0.6) is 0 Å². The molecule has 184 valence electrons. The molecule has 0 aromatic heterocycles. The van der Waals surface area contributed by atoms with Crippen LogP contribution in [0.15, 0.2) is 48.5 Å². The molecule has 0 aliphatic carbocycles. The highest BCUT2D eigenvalue weighted by atomic mass is 32.2. The Balaban J connectivity index is 1.53. The van der Waals surface area contributed by atoms with Crippen molar-refractivity contribution in [3.8, 4) is 0 Å². The third-order valence-corrected chi connectivity index (χ3v) is 7.12. The van der Waals surface area contributed by atoms with Crippen molar-refractivity contribution in [2.75, 3.05) is 30.2 Å². The molecule has 1 amide bonds. The van der Waals surface area contributed by atoms with E-state index in [9.17, 15) is 23.3 Å². The van der Waals surface area contributed by atoms with Crippen LogP contribution in [0.25, 0.3) is 0 Å². The van der Waals surface area contributed by atoms with Gasteiger partial charge in [0.15, 0.2) is 0 Å². The van der Waals surface area contributed by atoms with Gasteiger partial charge in [0.05, 0.1) is 16.9 Å². The third-order valence-electron chi connectivity index (χ3n) is 5.93. The van der Waals surface area contributed by atoms with Gasteiger partial charge >= 0.3 is 0 Å². The minimum absolute atomic E-state index is 0.0545. The van der Waals surface area contributed by atoms with Crippen molar-refractivity contribution < 1.29 is 18.1 Å². The summed E-state index contributed by atoms with van der Waals surface area (Å²) < 4.78 is 25.6. The number of nitrogens with zero attached hydrogens (tertiary/aromatic N) is 3. The molecule has 1 aliphatic rings. The van der Waals surface area contributed by atoms with Crippen LogP contribution in [0.4, 0.5) is 11.4 Å². The normalized spacial score (nSPS) is 14.5. The van der Waals surface area contributed by atoms with E-state index in [0.29, 0.717) is 6.54 Å². The Morgan fingerprint density at radius 1 is 1.09 bits per heavy atom. The van der Waals surface area contributed by atoms with E-state index in [1.165, 1.54) is 49.1 Å². The van der Waals surface area contributed by atoms with Gasteiger partial charge in [0.1, 0.15) is 0 Å². The number of sulfonamides is 1. The molecule has 1 N–H and O–H groups in total. The Hall–Kier alpha value is -2.98. The van der Waals surface area contributed by atoms with Gasteiger partial charge in [-0.05, 0) is 49.5 Å². The van der Waals surface area contributed by atoms with E-state index < -0.39 is 14.9 Å². The van der Waals surface area contributed by atoms with Crippen LogP contribution in [0.1, 0.15) is 43.2 Å². The molecule has 9 nitrogen and oxygen atoms in total. The Morgan fingerprint density at radius 3 is 2.47 bits per heavy atom. The maximum atomic E-state index is 12.4. The molecule has 0 atom stereocenters. The lowest BCUT2D eigenvalue weighted by Crippen LogP contribution is -2.32. The van der Waals surface area contributed by atoms with Gasteiger partial charge in [0.2, 0.25) is 15.9 Å². The fourth-order valence-corrected chi connectivity index (χ4v) is 5.11. The van der Waals surface area contributed by atoms with Crippen molar-refractivity contribution >= 4 is 27.3 Å². The third kappa shape index (κ3) is 7.53. The first-order chi connectivity index (χ1) is 16.2. The predicted molar refractivity (Wildman–Crippen MR) is 132 cm³/mol. The summed E-state index contributed by atoms with van der Waals surface area (Å²) in [5.74, 6) is -0.166. The number of non-ortho nitro benzene ring substituents is 1. The standard InChI is InChI=1S/C24H32N4O5S/c1-34(32,33)27(22-11-7-12-23(17-22)28(30)31)16-8-13-24(29)25-18-20-9-3-4-10-21(20)19-26-14-5-2-6-15-26/h3-4,7,9-12,17H,2,5-6,8,13-16,18-19H2,1H3,(H,25,29). The molecule has 2 aromatic carbocycles. The molecule has 3 rings (SSSR count). The summed E-state index contributed by atoms with van der Waals surface area (Å²) in [6.07, 6.45) is 5.21. The molecule has 1 aliphatic heterocycles. The summed E-state index contributed by atoms with van der Waals surface area (Å²) in [4.78, 5) is 25.4. The molecule has 1 saturated heterocycles. The fraction of sp³-hybridized carbons (Fsp3) is 0.458. The molecule has 1 fully saturated rings. The molecule has 34 heavy (non-hydrogen) atoms. The largest absolute Gasteiger partial charge is 0.352 e. The van der Waals surface area contributed by atoms with Crippen LogP contribution in [0.3, 0.4) is 0 Å². The van der Waals surface area contributed by atoms with E-state index in [2.05, 4.69) is 16.3 Å². The highest BCUT2D eigenvalue weighted by Crippen LogP contribution is 2.23. The van der Waals surface area contributed by atoms with Crippen molar-refractivity contribution in [2.24, 2.45) is 0 Å². The zero-order valence-corrected chi connectivity index (χ0v) is 20.3. The Labute approximate surface area is 201 Å². The maximum Gasteiger partial charge on any atom is 0.271 e. The second-order valence-corrected chi connectivity index (χ2v) is 10.5. The van der Waals surface area contributed by atoms with Crippen molar-refractivity contribution in [1.29, 1.82) is 0 Å².